The van der Waals surface area contributed by atoms with Crippen molar-refractivity contribution in [3.63, 3.8) is 0 Å². The summed E-state index contributed by atoms with van der Waals surface area (Å²) < 4.78 is 0. The van der Waals surface area contributed by atoms with Crippen LogP contribution in [0.4, 0.5) is 5.82 Å². The van der Waals surface area contributed by atoms with Gasteiger partial charge in [-0.05, 0) is 26.3 Å². The van der Waals surface area contributed by atoms with Gasteiger partial charge in [0.2, 0.25) is 5.91 Å². The van der Waals surface area contributed by atoms with Gasteiger partial charge in [-0.15, -0.1) is 0 Å². The zero-order chi connectivity index (χ0) is 11.2. The molecule has 0 aliphatic carbocycles. The van der Waals surface area contributed by atoms with Crippen molar-refractivity contribution in [2.45, 2.75) is 32.6 Å². The van der Waals surface area contributed by atoms with Crippen LogP contribution in [-0.2, 0) is 10.2 Å². The van der Waals surface area contributed by atoms with E-state index in [2.05, 4.69) is 4.98 Å². The quantitative estimate of drug-likeness (QED) is 0.701. The summed E-state index contributed by atoms with van der Waals surface area (Å²) in [6.45, 7) is 5.98. The number of hydrogen-bond donors (Lipinski definition) is 0. The highest BCUT2D eigenvalue weighted by Gasteiger charge is 2.45. The van der Waals surface area contributed by atoms with Gasteiger partial charge in [-0.2, -0.15) is 0 Å². The average Bonchev–Trinajstić information content (AvgIpc) is 2.42. The van der Waals surface area contributed by atoms with Crippen molar-refractivity contribution < 1.29 is 4.79 Å². The molecule has 0 bridgehead atoms. The molecule has 1 amide bonds. The van der Waals surface area contributed by atoms with Crippen LogP contribution in [0.25, 0.3) is 0 Å². The van der Waals surface area contributed by atoms with Crippen LogP contribution in [0, 0.1) is 6.92 Å². The molecule has 1 aliphatic heterocycles. The molecule has 0 radical (unpaired) electrons. The fourth-order valence-corrected chi connectivity index (χ4v) is 2.15. The standard InChI is InChI=1S/C12H16N2O/c1-5-12(3)9-7-6-8(2)13-10(9)14(4)11(12)15/h6-7H,5H2,1-4H3. The Labute approximate surface area is 90.1 Å². The number of nitrogens with zero attached hydrogens (tertiary/aromatic N) is 2. The molecule has 0 fully saturated rings. The summed E-state index contributed by atoms with van der Waals surface area (Å²) in [7, 11) is 1.80. The van der Waals surface area contributed by atoms with Gasteiger partial charge < -0.3 is 0 Å². The van der Waals surface area contributed by atoms with Crippen LogP contribution in [0.1, 0.15) is 31.5 Å². The Bertz CT molecular complexity index is 428. The van der Waals surface area contributed by atoms with Crippen molar-refractivity contribution in [1.29, 1.82) is 0 Å². The molecule has 1 atom stereocenters. The largest absolute Gasteiger partial charge is 0.299 e. The number of pyridine rings is 1. The van der Waals surface area contributed by atoms with Crippen LogP contribution < -0.4 is 4.90 Å². The van der Waals surface area contributed by atoms with Gasteiger partial charge in [0, 0.05) is 18.3 Å². The maximum absolute atomic E-state index is 12.1. The first-order chi connectivity index (χ1) is 7.00. The van der Waals surface area contributed by atoms with Crippen LogP contribution in [0.5, 0.6) is 0 Å². The third-order valence-corrected chi connectivity index (χ3v) is 3.41. The third-order valence-electron chi connectivity index (χ3n) is 3.41. The zero-order valence-electron chi connectivity index (χ0n) is 9.66. The van der Waals surface area contributed by atoms with Gasteiger partial charge in [-0.25, -0.2) is 4.98 Å². The number of likely N-dealkylation sites (N-methyl/N-ethyl adjacent to an activating group) is 1. The second-order valence-corrected chi connectivity index (χ2v) is 4.37. The minimum Gasteiger partial charge on any atom is -0.299 e. The van der Waals surface area contributed by atoms with E-state index >= 15 is 0 Å². The lowest BCUT2D eigenvalue weighted by Gasteiger charge is -2.20. The Morgan fingerprint density at radius 3 is 2.73 bits per heavy atom. The summed E-state index contributed by atoms with van der Waals surface area (Å²) >= 11 is 0. The fraction of sp³-hybridized carbons (Fsp3) is 0.500. The van der Waals surface area contributed by atoms with Crippen LogP contribution in [0.3, 0.4) is 0 Å². The number of aryl methyl sites for hydroxylation is 1. The number of amides is 1. The molecule has 2 heterocycles. The molecule has 0 spiro atoms. The summed E-state index contributed by atoms with van der Waals surface area (Å²) in [5.41, 5.74) is 1.63. The number of rotatable bonds is 1. The number of carbonyl (C=O) groups excluding carboxylic acids is 1. The molecule has 1 unspecified atom stereocenters. The normalized spacial score (nSPS) is 24.5. The third kappa shape index (κ3) is 1.19. The van der Waals surface area contributed by atoms with Crippen molar-refractivity contribution >= 4 is 11.7 Å². The van der Waals surface area contributed by atoms with Crippen molar-refractivity contribution in [2.75, 3.05) is 11.9 Å². The van der Waals surface area contributed by atoms with E-state index in [4.69, 9.17) is 0 Å². The van der Waals surface area contributed by atoms with E-state index in [1.807, 2.05) is 32.9 Å². The summed E-state index contributed by atoms with van der Waals surface area (Å²) in [6, 6.07) is 4.00. The maximum atomic E-state index is 12.1. The summed E-state index contributed by atoms with van der Waals surface area (Å²) in [4.78, 5) is 18.2. The molecular formula is C12H16N2O. The predicted octanol–water partition coefficient (Wildman–Crippen LogP) is 2.03. The van der Waals surface area contributed by atoms with Crippen LogP contribution >= 0.6 is 0 Å². The van der Waals surface area contributed by atoms with E-state index in [-0.39, 0.29) is 11.3 Å². The molecule has 1 aliphatic rings. The van der Waals surface area contributed by atoms with Gasteiger partial charge in [0.1, 0.15) is 5.82 Å². The molecule has 2 rings (SSSR count). The average molecular weight is 204 g/mol. The smallest absolute Gasteiger partial charge is 0.238 e. The molecule has 3 heteroatoms. The Kier molecular flexibility index (Phi) is 2.07. The fourth-order valence-electron chi connectivity index (χ4n) is 2.15. The van der Waals surface area contributed by atoms with Crippen molar-refractivity contribution in [3.8, 4) is 0 Å². The van der Waals surface area contributed by atoms with Crippen LogP contribution in [0.15, 0.2) is 12.1 Å². The molecule has 3 nitrogen and oxygen atoms in total. The molecule has 15 heavy (non-hydrogen) atoms. The van der Waals surface area contributed by atoms with Crippen LogP contribution in [0.2, 0.25) is 0 Å². The van der Waals surface area contributed by atoms with Gasteiger partial charge in [0.05, 0.1) is 5.41 Å². The molecule has 80 valence electrons. The first-order valence-corrected chi connectivity index (χ1v) is 5.27. The Balaban J connectivity index is 2.66. The second-order valence-electron chi connectivity index (χ2n) is 4.37. The molecule has 0 aromatic carbocycles. The Morgan fingerprint density at radius 1 is 1.47 bits per heavy atom. The molecule has 1 aromatic heterocycles. The van der Waals surface area contributed by atoms with E-state index in [0.29, 0.717) is 0 Å². The van der Waals surface area contributed by atoms with E-state index in [1.54, 1.807) is 11.9 Å². The van der Waals surface area contributed by atoms with E-state index in [9.17, 15) is 4.79 Å². The number of anilines is 1. The highest BCUT2D eigenvalue weighted by atomic mass is 16.2. The van der Waals surface area contributed by atoms with Crippen molar-refractivity contribution in [3.05, 3.63) is 23.4 Å². The highest BCUT2D eigenvalue weighted by molar-refractivity contribution is 6.06. The first-order valence-electron chi connectivity index (χ1n) is 5.27. The molecule has 0 saturated carbocycles. The second kappa shape index (κ2) is 3.05. The lowest BCUT2D eigenvalue weighted by molar-refractivity contribution is -0.122. The number of hydrogen-bond acceptors (Lipinski definition) is 2. The van der Waals surface area contributed by atoms with Crippen molar-refractivity contribution in [2.24, 2.45) is 0 Å². The Morgan fingerprint density at radius 2 is 2.13 bits per heavy atom. The zero-order valence-corrected chi connectivity index (χ0v) is 9.66. The van der Waals surface area contributed by atoms with Gasteiger partial charge in [-0.1, -0.05) is 13.0 Å². The van der Waals surface area contributed by atoms with E-state index < -0.39 is 0 Å². The molecule has 0 N–H and O–H groups in total. The number of carbonyl (C=O) groups is 1. The van der Waals surface area contributed by atoms with Gasteiger partial charge >= 0.3 is 0 Å². The monoisotopic (exact) mass is 204 g/mol. The Hall–Kier alpha value is -1.38. The lowest BCUT2D eigenvalue weighted by Crippen LogP contribution is -2.35. The minimum absolute atomic E-state index is 0.151. The highest BCUT2D eigenvalue weighted by Crippen LogP contribution is 2.41. The molecular weight excluding hydrogens is 188 g/mol. The molecule has 0 saturated heterocycles. The topological polar surface area (TPSA) is 33.2 Å². The van der Waals surface area contributed by atoms with E-state index in [1.165, 1.54) is 0 Å². The summed E-state index contributed by atoms with van der Waals surface area (Å²) in [5.74, 6) is 0.974. The predicted molar refractivity (Wildman–Crippen MR) is 60.0 cm³/mol. The van der Waals surface area contributed by atoms with E-state index in [0.717, 1.165) is 23.5 Å². The van der Waals surface area contributed by atoms with Gasteiger partial charge in [0.25, 0.3) is 0 Å². The van der Waals surface area contributed by atoms with Crippen LogP contribution in [-0.4, -0.2) is 17.9 Å². The maximum Gasteiger partial charge on any atom is 0.238 e. The molecule has 1 aromatic rings. The summed E-state index contributed by atoms with van der Waals surface area (Å²) in [5, 5.41) is 0. The van der Waals surface area contributed by atoms with Gasteiger partial charge in [0.15, 0.2) is 0 Å². The SMILES string of the molecule is CCC1(C)C(=O)N(C)c2nc(C)ccc21. The summed E-state index contributed by atoms with van der Waals surface area (Å²) in [6.07, 6.45) is 0.813. The minimum atomic E-state index is -0.384. The number of fused-ring (bicyclic) bond motifs is 1. The van der Waals surface area contributed by atoms with Gasteiger partial charge in [-0.3, -0.25) is 9.69 Å². The van der Waals surface area contributed by atoms with Crippen molar-refractivity contribution in [1.82, 2.24) is 4.98 Å². The number of aromatic nitrogens is 1. The first kappa shape index (κ1) is 10.1. The lowest BCUT2D eigenvalue weighted by atomic mass is 9.82.